The van der Waals surface area contributed by atoms with Crippen LogP contribution < -0.4 is 15.4 Å². The van der Waals surface area contributed by atoms with Crippen molar-refractivity contribution in [3.63, 3.8) is 0 Å². The molecule has 2 amide bonds. The van der Waals surface area contributed by atoms with Gasteiger partial charge in [-0.1, -0.05) is 36.8 Å². The van der Waals surface area contributed by atoms with Crippen LogP contribution in [0.2, 0.25) is 0 Å². The van der Waals surface area contributed by atoms with E-state index < -0.39 is 6.10 Å². The van der Waals surface area contributed by atoms with Gasteiger partial charge >= 0.3 is 0 Å². The van der Waals surface area contributed by atoms with Crippen molar-refractivity contribution in [1.82, 2.24) is 5.32 Å². The fourth-order valence-electron chi connectivity index (χ4n) is 2.75. The normalized spacial score (nSPS) is 11.8. The van der Waals surface area contributed by atoms with Crippen LogP contribution in [0.3, 0.4) is 0 Å². The maximum Gasteiger partial charge on any atom is 0.265 e. The standard InChI is InChI=1S/C22H28N2O3/c1-6-19(27-20-12-11-15(4)13-16(20)5)22(26)24-18-10-8-7-9-17(18)21(25)23-14(2)3/h7-14,19H,6H2,1-5H3,(H,23,25)(H,24,26)/t19-/m0/s1. The summed E-state index contributed by atoms with van der Waals surface area (Å²) in [6.45, 7) is 9.65. The first-order valence-corrected chi connectivity index (χ1v) is 9.26. The molecular weight excluding hydrogens is 340 g/mol. The lowest BCUT2D eigenvalue weighted by Gasteiger charge is -2.20. The fourth-order valence-corrected chi connectivity index (χ4v) is 2.75. The second-order valence-electron chi connectivity index (χ2n) is 6.95. The molecule has 0 aliphatic rings. The third-order valence-corrected chi connectivity index (χ3v) is 4.11. The van der Waals surface area contributed by atoms with Gasteiger partial charge in [-0.05, 0) is 57.9 Å². The first-order valence-electron chi connectivity index (χ1n) is 9.26. The number of ether oxygens (including phenoxy) is 1. The van der Waals surface area contributed by atoms with E-state index in [1.807, 2.05) is 52.8 Å². The average Bonchev–Trinajstić information content (AvgIpc) is 2.60. The Kier molecular flexibility index (Phi) is 6.99. The summed E-state index contributed by atoms with van der Waals surface area (Å²) in [6.07, 6.45) is -0.132. The number of rotatable bonds is 7. The minimum atomic E-state index is -0.646. The van der Waals surface area contributed by atoms with Crippen LogP contribution in [0, 0.1) is 13.8 Å². The van der Waals surface area contributed by atoms with Crippen molar-refractivity contribution >= 4 is 17.5 Å². The zero-order valence-electron chi connectivity index (χ0n) is 16.6. The van der Waals surface area contributed by atoms with E-state index in [0.29, 0.717) is 23.4 Å². The molecule has 0 aliphatic heterocycles. The number of para-hydroxylation sites is 1. The SMILES string of the molecule is CC[C@H](Oc1ccc(C)cc1C)C(=O)Nc1ccccc1C(=O)NC(C)C. The van der Waals surface area contributed by atoms with Crippen LogP contribution >= 0.6 is 0 Å². The third-order valence-electron chi connectivity index (χ3n) is 4.11. The largest absolute Gasteiger partial charge is 0.480 e. The summed E-state index contributed by atoms with van der Waals surface area (Å²) in [5.41, 5.74) is 3.03. The van der Waals surface area contributed by atoms with Crippen molar-refractivity contribution in [2.24, 2.45) is 0 Å². The molecule has 27 heavy (non-hydrogen) atoms. The van der Waals surface area contributed by atoms with Crippen molar-refractivity contribution in [2.45, 2.75) is 53.2 Å². The van der Waals surface area contributed by atoms with Crippen molar-refractivity contribution in [3.8, 4) is 5.75 Å². The summed E-state index contributed by atoms with van der Waals surface area (Å²) in [4.78, 5) is 25.1. The summed E-state index contributed by atoms with van der Waals surface area (Å²) < 4.78 is 5.94. The molecular formula is C22H28N2O3. The number of nitrogens with one attached hydrogen (secondary N) is 2. The van der Waals surface area contributed by atoms with Crippen LogP contribution in [-0.4, -0.2) is 24.0 Å². The predicted octanol–water partition coefficient (Wildman–Crippen LogP) is 4.24. The minimum absolute atomic E-state index is 0.0116. The van der Waals surface area contributed by atoms with Gasteiger partial charge in [0.05, 0.1) is 11.3 Å². The molecule has 2 rings (SSSR count). The highest BCUT2D eigenvalue weighted by Gasteiger charge is 2.21. The van der Waals surface area contributed by atoms with E-state index in [4.69, 9.17) is 4.74 Å². The van der Waals surface area contributed by atoms with E-state index in [2.05, 4.69) is 10.6 Å². The van der Waals surface area contributed by atoms with Gasteiger partial charge in [0.15, 0.2) is 6.10 Å². The van der Waals surface area contributed by atoms with Gasteiger partial charge in [-0.3, -0.25) is 9.59 Å². The van der Waals surface area contributed by atoms with Gasteiger partial charge in [0.1, 0.15) is 5.75 Å². The molecule has 0 fully saturated rings. The number of benzene rings is 2. The zero-order valence-corrected chi connectivity index (χ0v) is 16.6. The Hall–Kier alpha value is -2.82. The lowest BCUT2D eigenvalue weighted by atomic mass is 10.1. The maximum absolute atomic E-state index is 12.8. The van der Waals surface area contributed by atoms with Gasteiger partial charge in [-0.2, -0.15) is 0 Å². The topological polar surface area (TPSA) is 67.4 Å². The maximum atomic E-state index is 12.8. The highest BCUT2D eigenvalue weighted by atomic mass is 16.5. The molecule has 0 radical (unpaired) electrons. The molecule has 0 saturated heterocycles. The Morgan fingerprint density at radius 3 is 2.41 bits per heavy atom. The van der Waals surface area contributed by atoms with Gasteiger partial charge in [0.2, 0.25) is 0 Å². The molecule has 5 heteroatoms. The van der Waals surface area contributed by atoms with Crippen molar-refractivity contribution < 1.29 is 14.3 Å². The lowest BCUT2D eigenvalue weighted by molar-refractivity contribution is -0.122. The second kappa shape index (κ2) is 9.21. The third kappa shape index (κ3) is 5.58. The van der Waals surface area contributed by atoms with Gasteiger partial charge in [-0.25, -0.2) is 0 Å². The zero-order chi connectivity index (χ0) is 20.0. The Balaban J connectivity index is 2.16. The molecule has 0 aromatic heterocycles. The predicted molar refractivity (Wildman–Crippen MR) is 108 cm³/mol. The quantitative estimate of drug-likeness (QED) is 0.768. The molecule has 0 saturated carbocycles. The Labute approximate surface area is 161 Å². The van der Waals surface area contributed by atoms with E-state index in [1.54, 1.807) is 24.3 Å². The number of carbonyl (C=O) groups excluding carboxylic acids is 2. The number of anilines is 1. The van der Waals surface area contributed by atoms with E-state index in [1.165, 1.54) is 0 Å². The molecule has 0 heterocycles. The van der Waals surface area contributed by atoms with Crippen LogP contribution in [0.1, 0.15) is 48.7 Å². The molecule has 5 nitrogen and oxygen atoms in total. The summed E-state index contributed by atoms with van der Waals surface area (Å²) in [5, 5.41) is 5.69. The highest BCUT2D eigenvalue weighted by molar-refractivity contribution is 6.04. The number of hydrogen-bond acceptors (Lipinski definition) is 3. The van der Waals surface area contributed by atoms with E-state index in [-0.39, 0.29) is 17.9 Å². The van der Waals surface area contributed by atoms with E-state index >= 15 is 0 Å². The second-order valence-corrected chi connectivity index (χ2v) is 6.95. The summed E-state index contributed by atoms with van der Waals surface area (Å²) in [7, 11) is 0. The molecule has 1 atom stereocenters. The van der Waals surface area contributed by atoms with Crippen LogP contribution in [0.5, 0.6) is 5.75 Å². The smallest absolute Gasteiger partial charge is 0.265 e. The Bertz CT molecular complexity index is 815. The molecule has 2 aromatic rings. The van der Waals surface area contributed by atoms with E-state index in [0.717, 1.165) is 11.1 Å². The highest BCUT2D eigenvalue weighted by Crippen LogP contribution is 2.22. The van der Waals surface area contributed by atoms with Gasteiger partial charge in [-0.15, -0.1) is 0 Å². The van der Waals surface area contributed by atoms with Crippen molar-refractivity contribution in [2.75, 3.05) is 5.32 Å². The molecule has 0 unspecified atom stereocenters. The monoisotopic (exact) mass is 368 g/mol. The van der Waals surface area contributed by atoms with Gasteiger partial charge in [0.25, 0.3) is 11.8 Å². The van der Waals surface area contributed by atoms with Crippen LogP contribution in [-0.2, 0) is 4.79 Å². The summed E-state index contributed by atoms with van der Waals surface area (Å²) in [5.74, 6) is 0.194. The lowest BCUT2D eigenvalue weighted by Crippen LogP contribution is -2.34. The van der Waals surface area contributed by atoms with Gasteiger partial charge < -0.3 is 15.4 Å². The van der Waals surface area contributed by atoms with Crippen LogP contribution in [0.4, 0.5) is 5.69 Å². The number of carbonyl (C=O) groups is 2. The first kappa shape index (κ1) is 20.5. The number of amides is 2. The molecule has 2 aromatic carbocycles. The molecule has 0 bridgehead atoms. The van der Waals surface area contributed by atoms with Crippen LogP contribution in [0.25, 0.3) is 0 Å². The van der Waals surface area contributed by atoms with Crippen molar-refractivity contribution in [1.29, 1.82) is 0 Å². The molecule has 2 N–H and O–H groups in total. The van der Waals surface area contributed by atoms with Gasteiger partial charge in [0, 0.05) is 6.04 Å². The van der Waals surface area contributed by atoms with Crippen molar-refractivity contribution in [3.05, 3.63) is 59.2 Å². The summed E-state index contributed by atoms with van der Waals surface area (Å²) >= 11 is 0. The average molecular weight is 368 g/mol. The first-order chi connectivity index (χ1) is 12.8. The molecule has 0 spiro atoms. The van der Waals surface area contributed by atoms with Crippen LogP contribution in [0.15, 0.2) is 42.5 Å². The summed E-state index contributed by atoms with van der Waals surface area (Å²) in [6, 6.07) is 12.8. The Morgan fingerprint density at radius 2 is 1.78 bits per heavy atom. The molecule has 144 valence electrons. The minimum Gasteiger partial charge on any atom is -0.480 e. The van der Waals surface area contributed by atoms with E-state index in [9.17, 15) is 9.59 Å². The number of hydrogen-bond donors (Lipinski definition) is 2. The Morgan fingerprint density at radius 1 is 1.07 bits per heavy atom. The fraction of sp³-hybridized carbons (Fsp3) is 0.364. The molecule has 0 aliphatic carbocycles. The number of aryl methyl sites for hydroxylation is 2.